The highest BCUT2D eigenvalue weighted by molar-refractivity contribution is 9.10. The van der Waals surface area contributed by atoms with E-state index in [9.17, 15) is 23.0 Å². The summed E-state index contributed by atoms with van der Waals surface area (Å²) in [5, 5.41) is 29.3. The predicted molar refractivity (Wildman–Crippen MR) is 107 cm³/mol. The average molecular weight is 501 g/mol. The molecule has 2 atom stereocenters. The van der Waals surface area contributed by atoms with Crippen molar-refractivity contribution in [2.24, 2.45) is 0 Å². The van der Waals surface area contributed by atoms with Gasteiger partial charge < -0.3 is 19.7 Å². The van der Waals surface area contributed by atoms with Gasteiger partial charge in [-0.1, -0.05) is 0 Å². The van der Waals surface area contributed by atoms with E-state index >= 15 is 0 Å². The molecule has 11 heteroatoms. The fraction of sp³-hybridized carbons (Fsp3) is 0.316. The van der Waals surface area contributed by atoms with Gasteiger partial charge in [0.15, 0.2) is 0 Å². The molecule has 2 aromatic carbocycles. The summed E-state index contributed by atoms with van der Waals surface area (Å²) in [5.74, 6) is -0.362. The minimum atomic E-state index is -4.06. The van der Waals surface area contributed by atoms with Gasteiger partial charge in [-0.25, -0.2) is 12.8 Å². The van der Waals surface area contributed by atoms with Gasteiger partial charge in [0.1, 0.15) is 35.1 Å². The molecule has 1 saturated heterocycles. The summed E-state index contributed by atoms with van der Waals surface area (Å²) in [5.41, 5.74) is -2.09. The Morgan fingerprint density at radius 3 is 2.60 bits per heavy atom. The second-order valence-electron chi connectivity index (χ2n) is 6.72. The van der Waals surface area contributed by atoms with E-state index in [0.717, 1.165) is 10.4 Å². The van der Waals surface area contributed by atoms with Crippen molar-refractivity contribution in [3.05, 3.63) is 52.3 Å². The number of nitrogens with zero attached hydrogens (tertiary/aromatic N) is 2. The van der Waals surface area contributed by atoms with Crippen molar-refractivity contribution < 1.29 is 32.5 Å². The zero-order chi connectivity index (χ0) is 22.1. The predicted octanol–water partition coefficient (Wildman–Crippen LogP) is 1.64. The Balaban J connectivity index is 1.89. The van der Waals surface area contributed by atoms with E-state index in [1.807, 2.05) is 0 Å². The fourth-order valence-corrected chi connectivity index (χ4v) is 5.61. The highest BCUT2D eigenvalue weighted by Gasteiger charge is 2.51. The summed E-state index contributed by atoms with van der Waals surface area (Å²) in [4.78, 5) is -0.0475. The first-order valence-electron chi connectivity index (χ1n) is 8.68. The number of benzene rings is 2. The third-order valence-corrected chi connectivity index (χ3v) is 7.58. The van der Waals surface area contributed by atoms with Crippen molar-refractivity contribution in [3.8, 4) is 17.6 Å². The van der Waals surface area contributed by atoms with Crippen LogP contribution in [-0.4, -0.2) is 61.4 Å². The number of β-amino-alcohol motifs (C(OH)–C–C–N with tert-alkyl or cyclic N) is 1. The van der Waals surface area contributed by atoms with Crippen LogP contribution in [0.2, 0.25) is 0 Å². The van der Waals surface area contributed by atoms with Crippen molar-refractivity contribution >= 4 is 26.0 Å². The second kappa shape index (κ2) is 8.49. The van der Waals surface area contributed by atoms with Crippen LogP contribution in [-0.2, 0) is 10.0 Å². The summed E-state index contributed by atoms with van der Waals surface area (Å²) in [6.45, 7) is -1.47. The summed E-state index contributed by atoms with van der Waals surface area (Å²) >= 11 is 3.21. The Morgan fingerprint density at radius 1 is 1.33 bits per heavy atom. The highest BCUT2D eigenvalue weighted by Crippen LogP contribution is 2.34. The second-order valence-corrected chi connectivity index (χ2v) is 9.48. The molecular formula is C19H18BrFN2O6S. The van der Waals surface area contributed by atoms with Gasteiger partial charge in [0.2, 0.25) is 10.0 Å². The summed E-state index contributed by atoms with van der Waals surface area (Å²) in [6.07, 6.45) is -1.17. The van der Waals surface area contributed by atoms with Crippen molar-refractivity contribution in [2.45, 2.75) is 16.6 Å². The number of methoxy groups -OCH3 is 1. The van der Waals surface area contributed by atoms with Crippen LogP contribution in [0.4, 0.5) is 4.39 Å². The van der Waals surface area contributed by atoms with Gasteiger partial charge in [0.05, 0.1) is 30.7 Å². The summed E-state index contributed by atoms with van der Waals surface area (Å²) in [7, 11) is -2.61. The SMILES string of the molecule is COc1ccc(S(=O)(=O)N2C[C@H](Oc3ccc(C#N)c(F)c3)[C@](O)(CO)C2)c(Br)c1. The van der Waals surface area contributed by atoms with E-state index < -0.39 is 40.7 Å². The Bertz CT molecular complexity index is 1110. The lowest BCUT2D eigenvalue weighted by atomic mass is 10.0. The van der Waals surface area contributed by atoms with Crippen molar-refractivity contribution in [1.29, 1.82) is 5.26 Å². The van der Waals surface area contributed by atoms with Gasteiger partial charge in [-0.15, -0.1) is 0 Å². The third-order valence-electron chi connectivity index (χ3n) is 4.79. The number of hydrogen-bond donors (Lipinski definition) is 2. The first-order chi connectivity index (χ1) is 14.1. The number of aliphatic hydroxyl groups excluding tert-OH is 1. The lowest BCUT2D eigenvalue weighted by Gasteiger charge is -2.27. The molecule has 0 saturated carbocycles. The van der Waals surface area contributed by atoms with Crippen LogP contribution >= 0.6 is 15.9 Å². The standard InChI is InChI=1S/C19H18BrFN2O6S/c1-28-13-4-5-17(15(20)6-13)30(26,27)23-9-18(19(25,10-23)11-24)29-14-3-2-12(8-22)16(21)7-14/h2-7,18,24-25H,9-11H2,1H3/t18-,19+/m0/s1. The van der Waals surface area contributed by atoms with Gasteiger partial charge >= 0.3 is 0 Å². The number of nitriles is 1. The zero-order valence-electron chi connectivity index (χ0n) is 15.7. The molecule has 160 valence electrons. The largest absolute Gasteiger partial charge is 0.497 e. The third kappa shape index (κ3) is 4.14. The van der Waals surface area contributed by atoms with Gasteiger partial charge in [0, 0.05) is 17.1 Å². The molecule has 0 spiro atoms. The smallest absolute Gasteiger partial charge is 0.244 e. The minimum absolute atomic E-state index is 0.00625. The van der Waals surface area contributed by atoms with E-state index in [1.165, 1.54) is 37.4 Å². The monoisotopic (exact) mass is 500 g/mol. The molecule has 2 aromatic rings. The molecule has 8 nitrogen and oxygen atoms in total. The van der Waals surface area contributed by atoms with Gasteiger partial charge in [-0.05, 0) is 46.3 Å². The maximum absolute atomic E-state index is 13.9. The van der Waals surface area contributed by atoms with Crippen LogP contribution in [0.5, 0.6) is 11.5 Å². The topological polar surface area (TPSA) is 120 Å². The quantitative estimate of drug-likeness (QED) is 0.618. The first kappa shape index (κ1) is 22.5. The maximum Gasteiger partial charge on any atom is 0.244 e. The molecule has 30 heavy (non-hydrogen) atoms. The molecule has 2 N–H and O–H groups in total. The first-order valence-corrected chi connectivity index (χ1v) is 10.9. The Morgan fingerprint density at radius 2 is 2.03 bits per heavy atom. The molecule has 0 radical (unpaired) electrons. The van der Waals surface area contributed by atoms with E-state index in [4.69, 9.17) is 14.7 Å². The molecule has 0 aliphatic carbocycles. The number of hydrogen-bond acceptors (Lipinski definition) is 7. The number of halogens is 2. The molecule has 3 rings (SSSR count). The van der Waals surface area contributed by atoms with Gasteiger partial charge in [-0.3, -0.25) is 0 Å². The van der Waals surface area contributed by atoms with Crippen LogP contribution < -0.4 is 9.47 Å². The molecule has 1 fully saturated rings. The Kier molecular flexibility index (Phi) is 6.35. The summed E-state index contributed by atoms with van der Waals surface area (Å²) < 4.78 is 52.0. The van der Waals surface area contributed by atoms with Gasteiger partial charge in [0.25, 0.3) is 0 Å². The lowest BCUT2D eigenvalue weighted by Crippen LogP contribution is -2.48. The highest BCUT2D eigenvalue weighted by atomic mass is 79.9. The van der Waals surface area contributed by atoms with Crippen LogP contribution in [0, 0.1) is 17.1 Å². The van der Waals surface area contributed by atoms with E-state index in [2.05, 4.69) is 15.9 Å². The average Bonchev–Trinajstić information content (AvgIpc) is 3.05. The van der Waals surface area contributed by atoms with E-state index in [0.29, 0.717) is 5.75 Å². The molecule has 1 aliphatic heterocycles. The van der Waals surface area contributed by atoms with Crippen LogP contribution in [0.25, 0.3) is 0 Å². The molecule has 1 heterocycles. The Labute approximate surface area is 181 Å². The summed E-state index contributed by atoms with van der Waals surface area (Å²) in [6, 6.07) is 9.53. The Hall–Kier alpha value is -2.23. The number of ether oxygens (including phenoxy) is 2. The maximum atomic E-state index is 13.9. The normalized spacial score (nSPS) is 21.9. The van der Waals surface area contributed by atoms with Crippen molar-refractivity contribution in [1.82, 2.24) is 4.31 Å². The number of aliphatic hydroxyl groups is 2. The van der Waals surface area contributed by atoms with Gasteiger partial charge in [-0.2, -0.15) is 9.57 Å². The molecule has 0 bridgehead atoms. The number of rotatable bonds is 6. The van der Waals surface area contributed by atoms with Crippen LogP contribution in [0.15, 0.2) is 45.8 Å². The molecule has 0 unspecified atom stereocenters. The number of sulfonamides is 1. The molecular weight excluding hydrogens is 483 g/mol. The van der Waals surface area contributed by atoms with Crippen LogP contribution in [0.1, 0.15) is 5.56 Å². The molecule has 0 amide bonds. The van der Waals surface area contributed by atoms with E-state index in [1.54, 1.807) is 6.07 Å². The van der Waals surface area contributed by atoms with Crippen molar-refractivity contribution in [2.75, 3.05) is 26.8 Å². The lowest BCUT2D eigenvalue weighted by molar-refractivity contribution is -0.0641. The van der Waals surface area contributed by atoms with Crippen molar-refractivity contribution in [3.63, 3.8) is 0 Å². The molecule has 1 aliphatic rings. The fourth-order valence-electron chi connectivity index (χ4n) is 3.09. The van der Waals surface area contributed by atoms with E-state index in [-0.39, 0.29) is 27.2 Å². The minimum Gasteiger partial charge on any atom is -0.497 e. The molecule has 0 aromatic heterocycles. The van der Waals surface area contributed by atoms with Crippen LogP contribution in [0.3, 0.4) is 0 Å². The zero-order valence-corrected chi connectivity index (χ0v) is 18.2.